The molecule has 22 heavy (non-hydrogen) atoms. The summed E-state index contributed by atoms with van der Waals surface area (Å²) in [5, 5.41) is 29.2. The SMILES string of the molecule is O=C(O)CC(O)(C(=O)O)C1c2ccccc2-c2ccccc21. The van der Waals surface area contributed by atoms with Crippen LogP contribution in [0.3, 0.4) is 0 Å². The summed E-state index contributed by atoms with van der Waals surface area (Å²) in [6, 6.07) is 14.3. The average Bonchev–Trinajstić information content (AvgIpc) is 2.81. The Hall–Kier alpha value is -2.66. The Kier molecular flexibility index (Phi) is 3.22. The normalized spacial score (nSPS) is 15.7. The van der Waals surface area contributed by atoms with Crippen LogP contribution in [0.5, 0.6) is 0 Å². The molecule has 112 valence electrons. The first-order valence-electron chi connectivity index (χ1n) is 6.81. The molecule has 2 aromatic carbocycles. The van der Waals surface area contributed by atoms with E-state index in [1.54, 1.807) is 24.3 Å². The molecule has 0 fully saturated rings. The van der Waals surface area contributed by atoms with Crippen molar-refractivity contribution in [3.05, 3.63) is 59.7 Å². The largest absolute Gasteiger partial charge is 0.481 e. The van der Waals surface area contributed by atoms with Gasteiger partial charge >= 0.3 is 11.9 Å². The highest BCUT2D eigenvalue weighted by atomic mass is 16.4. The van der Waals surface area contributed by atoms with Crippen molar-refractivity contribution in [1.82, 2.24) is 0 Å². The van der Waals surface area contributed by atoms with Gasteiger partial charge < -0.3 is 15.3 Å². The van der Waals surface area contributed by atoms with Gasteiger partial charge in [-0.05, 0) is 22.3 Å². The molecule has 1 aliphatic rings. The Morgan fingerprint density at radius 2 is 1.36 bits per heavy atom. The zero-order valence-electron chi connectivity index (χ0n) is 11.6. The Bertz CT molecular complexity index is 722. The van der Waals surface area contributed by atoms with Crippen LogP contribution in [0.15, 0.2) is 48.5 Å². The van der Waals surface area contributed by atoms with Gasteiger partial charge in [-0.25, -0.2) is 4.79 Å². The van der Waals surface area contributed by atoms with Crippen LogP contribution in [-0.2, 0) is 9.59 Å². The minimum absolute atomic E-state index is 0.634. The highest BCUT2D eigenvalue weighted by Gasteiger charge is 2.51. The summed E-state index contributed by atoms with van der Waals surface area (Å²) in [6.45, 7) is 0. The highest BCUT2D eigenvalue weighted by Crippen LogP contribution is 2.50. The lowest BCUT2D eigenvalue weighted by Crippen LogP contribution is -2.46. The molecule has 1 atom stereocenters. The van der Waals surface area contributed by atoms with E-state index in [2.05, 4.69) is 0 Å². The quantitative estimate of drug-likeness (QED) is 0.803. The van der Waals surface area contributed by atoms with Crippen molar-refractivity contribution in [1.29, 1.82) is 0 Å². The van der Waals surface area contributed by atoms with Gasteiger partial charge in [-0.2, -0.15) is 0 Å². The van der Waals surface area contributed by atoms with E-state index < -0.39 is 29.9 Å². The lowest BCUT2D eigenvalue weighted by atomic mass is 9.78. The maximum absolute atomic E-state index is 11.7. The molecular formula is C17H14O5. The van der Waals surface area contributed by atoms with Crippen molar-refractivity contribution in [3.63, 3.8) is 0 Å². The van der Waals surface area contributed by atoms with Crippen molar-refractivity contribution < 1.29 is 24.9 Å². The van der Waals surface area contributed by atoms with E-state index in [4.69, 9.17) is 5.11 Å². The van der Waals surface area contributed by atoms with Crippen LogP contribution in [0.1, 0.15) is 23.5 Å². The first kappa shape index (κ1) is 14.3. The second-order valence-electron chi connectivity index (χ2n) is 5.41. The van der Waals surface area contributed by atoms with Crippen LogP contribution in [-0.4, -0.2) is 32.9 Å². The number of hydrogen-bond acceptors (Lipinski definition) is 3. The number of hydrogen-bond donors (Lipinski definition) is 3. The smallest absolute Gasteiger partial charge is 0.337 e. The number of benzene rings is 2. The van der Waals surface area contributed by atoms with Crippen LogP contribution in [0.2, 0.25) is 0 Å². The van der Waals surface area contributed by atoms with Gasteiger partial charge in [0.05, 0.1) is 12.3 Å². The number of carboxylic acid groups (broad SMARTS) is 2. The van der Waals surface area contributed by atoms with Crippen molar-refractivity contribution in [2.24, 2.45) is 0 Å². The molecule has 0 saturated carbocycles. The Morgan fingerprint density at radius 1 is 0.909 bits per heavy atom. The van der Waals surface area contributed by atoms with Crippen LogP contribution in [0.25, 0.3) is 11.1 Å². The highest BCUT2D eigenvalue weighted by molar-refractivity contribution is 5.90. The summed E-state index contributed by atoms with van der Waals surface area (Å²) < 4.78 is 0. The number of carbonyl (C=O) groups is 2. The Morgan fingerprint density at radius 3 is 1.77 bits per heavy atom. The van der Waals surface area contributed by atoms with E-state index in [0.29, 0.717) is 11.1 Å². The third-order valence-corrected chi connectivity index (χ3v) is 4.10. The molecule has 1 aliphatic carbocycles. The number of rotatable bonds is 4. The van der Waals surface area contributed by atoms with E-state index >= 15 is 0 Å². The van der Waals surface area contributed by atoms with Gasteiger partial charge in [-0.1, -0.05) is 48.5 Å². The molecule has 0 saturated heterocycles. The van der Waals surface area contributed by atoms with E-state index in [1.807, 2.05) is 24.3 Å². The maximum Gasteiger partial charge on any atom is 0.337 e. The lowest BCUT2D eigenvalue weighted by Gasteiger charge is -2.30. The zero-order valence-corrected chi connectivity index (χ0v) is 11.6. The standard InChI is InChI=1S/C17H14O5/c18-14(19)9-17(22,16(20)21)15-12-7-3-1-5-10(12)11-6-2-4-8-13(11)15/h1-8,15,22H,9H2,(H,18,19)(H,20,21). The summed E-state index contributed by atoms with van der Waals surface area (Å²) >= 11 is 0. The molecule has 0 bridgehead atoms. The van der Waals surface area contributed by atoms with Gasteiger partial charge in [0.15, 0.2) is 5.60 Å². The molecule has 0 aliphatic heterocycles. The van der Waals surface area contributed by atoms with Crippen molar-refractivity contribution in [3.8, 4) is 11.1 Å². The van der Waals surface area contributed by atoms with Crippen LogP contribution < -0.4 is 0 Å². The topological polar surface area (TPSA) is 94.8 Å². The van der Waals surface area contributed by atoms with E-state index in [0.717, 1.165) is 11.1 Å². The Balaban J connectivity index is 2.25. The fraction of sp³-hybridized carbons (Fsp3) is 0.176. The van der Waals surface area contributed by atoms with Crippen LogP contribution >= 0.6 is 0 Å². The molecular weight excluding hydrogens is 284 g/mol. The van der Waals surface area contributed by atoms with E-state index in [-0.39, 0.29) is 0 Å². The summed E-state index contributed by atoms with van der Waals surface area (Å²) in [5.41, 5.74) is 0.528. The molecule has 5 heteroatoms. The average molecular weight is 298 g/mol. The fourth-order valence-corrected chi connectivity index (χ4v) is 3.20. The Labute approximate surface area is 126 Å². The summed E-state index contributed by atoms with van der Waals surface area (Å²) in [7, 11) is 0. The predicted molar refractivity (Wildman–Crippen MR) is 78.6 cm³/mol. The zero-order chi connectivity index (χ0) is 15.9. The molecule has 2 aromatic rings. The number of aliphatic hydroxyl groups is 1. The van der Waals surface area contributed by atoms with Gasteiger partial charge in [0.25, 0.3) is 0 Å². The summed E-state index contributed by atoms with van der Waals surface area (Å²) in [4.78, 5) is 22.7. The molecule has 0 amide bonds. The monoisotopic (exact) mass is 298 g/mol. The molecule has 0 spiro atoms. The van der Waals surface area contributed by atoms with E-state index in [9.17, 15) is 19.8 Å². The number of fused-ring (bicyclic) bond motifs is 3. The van der Waals surface area contributed by atoms with Gasteiger partial charge in [0.2, 0.25) is 0 Å². The number of carboxylic acids is 2. The molecule has 0 radical (unpaired) electrons. The van der Waals surface area contributed by atoms with Gasteiger partial charge in [-0.3, -0.25) is 4.79 Å². The van der Waals surface area contributed by atoms with Gasteiger partial charge in [0.1, 0.15) is 0 Å². The predicted octanol–water partition coefficient (Wildman–Crippen LogP) is 2.09. The third-order valence-electron chi connectivity index (χ3n) is 4.10. The third kappa shape index (κ3) is 1.98. The molecule has 3 rings (SSSR count). The molecule has 3 N–H and O–H groups in total. The maximum atomic E-state index is 11.7. The first-order chi connectivity index (χ1) is 10.4. The van der Waals surface area contributed by atoms with Gasteiger partial charge in [0, 0.05) is 0 Å². The summed E-state index contributed by atoms with van der Waals surface area (Å²) in [5.74, 6) is -3.80. The minimum atomic E-state index is -2.39. The molecule has 0 heterocycles. The summed E-state index contributed by atoms with van der Waals surface area (Å²) in [6.07, 6.45) is -0.865. The van der Waals surface area contributed by atoms with Crippen molar-refractivity contribution in [2.45, 2.75) is 17.9 Å². The fourth-order valence-electron chi connectivity index (χ4n) is 3.20. The second-order valence-corrected chi connectivity index (χ2v) is 5.41. The van der Waals surface area contributed by atoms with E-state index in [1.165, 1.54) is 0 Å². The minimum Gasteiger partial charge on any atom is -0.481 e. The second kappa shape index (κ2) is 4.96. The lowest BCUT2D eigenvalue weighted by molar-refractivity contribution is -0.166. The van der Waals surface area contributed by atoms with Crippen LogP contribution in [0.4, 0.5) is 0 Å². The molecule has 5 nitrogen and oxygen atoms in total. The molecule has 0 aromatic heterocycles. The first-order valence-corrected chi connectivity index (χ1v) is 6.81. The number of aliphatic carboxylic acids is 2. The molecule has 1 unspecified atom stereocenters. The van der Waals surface area contributed by atoms with Crippen molar-refractivity contribution in [2.75, 3.05) is 0 Å². The van der Waals surface area contributed by atoms with Gasteiger partial charge in [-0.15, -0.1) is 0 Å². The van der Waals surface area contributed by atoms with Crippen LogP contribution in [0, 0.1) is 0 Å². The van der Waals surface area contributed by atoms with Crippen molar-refractivity contribution >= 4 is 11.9 Å².